The number of ketones is 1. The first-order valence-electron chi connectivity index (χ1n) is 6.46. The predicted molar refractivity (Wildman–Crippen MR) is 69.3 cm³/mol. The topological polar surface area (TPSA) is 104 Å². The van der Waals surface area contributed by atoms with Crippen LogP contribution in [0.25, 0.3) is 0 Å². The molecule has 1 aromatic carbocycles. The molecule has 0 spiro atoms. The quantitative estimate of drug-likeness (QED) is 0.546. The monoisotopic (exact) mass is 306 g/mol. The number of nitrogens with zero attached hydrogens (tertiary/aromatic N) is 1. The third-order valence-electron chi connectivity index (χ3n) is 3.81. The van der Waals surface area contributed by atoms with Crippen LogP contribution in [0.15, 0.2) is 18.2 Å². The van der Waals surface area contributed by atoms with Gasteiger partial charge in [-0.2, -0.15) is 0 Å². The molecule has 2 unspecified atom stereocenters. The molecule has 2 aliphatic heterocycles. The minimum atomic E-state index is -3.14. The van der Waals surface area contributed by atoms with E-state index < -0.39 is 41.9 Å². The first-order chi connectivity index (χ1) is 10.3. The number of Topliss-reactive ketones (excluding diaryl/α,β-unsaturated/α-hetero) is 1. The first kappa shape index (κ1) is 14.3. The summed E-state index contributed by atoms with van der Waals surface area (Å²) in [5, 5.41) is 11.0. The predicted octanol–water partition coefficient (Wildman–Crippen LogP) is -0.336. The standard InChI is InChI=1S/C14H11FN2O5/c1-6-3-2-4-7-9(6)12(21)17(11(7)20)14(15)5-8(18)10(19)16-13(14)22/h2-4,10,19H,5H2,1H3,(H,16,22). The van der Waals surface area contributed by atoms with E-state index in [1.54, 1.807) is 18.3 Å². The second-order valence-electron chi connectivity index (χ2n) is 5.22. The van der Waals surface area contributed by atoms with Crippen LogP contribution in [-0.4, -0.2) is 45.5 Å². The number of benzene rings is 1. The summed E-state index contributed by atoms with van der Waals surface area (Å²) in [7, 11) is 0. The van der Waals surface area contributed by atoms with Crippen molar-refractivity contribution < 1.29 is 28.7 Å². The van der Waals surface area contributed by atoms with E-state index in [4.69, 9.17) is 0 Å². The molecule has 1 aromatic rings. The summed E-state index contributed by atoms with van der Waals surface area (Å²) >= 11 is 0. The number of nitrogens with one attached hydrogen (secondary N) is 1. The summed E-state index contributed by atoms with van der Waals surface area (Å²) < 4.78 is 15.0. The summed E-state index contributed by atoms with van der Waals surface area (Å²) in [5.41, 5.74) is 0.453. The molecule has 2 N–H and O–H groups in total. The van der Waals surface area contributed by atoms with Crippen molar-refractivity contribution >= 4 is 23.5 Å². The van der Waals surface area contributed by atoms with Crippen molar-refractivity contribution in [3.63, 3.8) is 0 Å². The van der Waals surface area contributed by atoms with E-state index in [0.717, 1.165) is 0 Å². The number of aliphatic hydroxyl groups excluding tert-OH is 1. The number of hydrogen-bond donors (Lipinski definition) is 2. The van der Waals surface area contributed by atoms with Gasteiger partial charge in [0, 0.05) is 0 Å². The van der Waals surface area contributed by atoms with Crippen molar-refractivity contribution in [2.24, 2.45) is 0 Å². The molecule has 3 rings (SSSR count). The maximum Gasteiger partial charge on any atom is 0.282 e. The molecule has 2 aliphatic rings. The van der Waals surface area contributed by atoms with Gasteiger partial charge in [0.05, 0.1) is 17.5 Å². The molecule has 1 fully saturated rings. The Bertz CT molecular complexity index is 747. The molecule has 0 bridgehead atoms. The van der Waals surface area contributed by atoms with Crippen LogP contribution in [0.3, 0.4) is 0 Å². The number of carbonyl (C=O) groups is 4. The number of alkyl halides is 1. The lowest BCUT2D eigenvalue weighted by atomic mass is 9.99. The molecule has 3 amide bonds. The van der Waals surface area contributed by atoms with Gasteiger partial charge in [0.1, 0.15) is 0 Å². The molecule has 8 heteroatoms. The van der Waals surface area contributed by atoms with Crippen LogP contribution < -0.4 is 5.32 Å². The zero-order valence-corrected chi connectivity index (χ0v) is 11.4. The molecule has 0 aromatic heterocycles. The number of imide groups is 1. The van der Waals surface area contributed by atoms with E-state index in [1.807, 2.05) is 0 Å². The van der Waals surface area contributed by atoms with Crippen molar-refractivity contribution in [1.82, 2.24) is 10.2 Å². The van der Waals surface area contributed by atoms with Crippen LogP contribution in [0.1, 0.15) is 32.7 Å². The van der Waals surface area contributed by atoms with Crippen molar-refractivity contribution in [3.05, 3.63) is 34.9 Å². The van der Waals surface area contributed by atoms with Gasteiger partial charge in [-0.3, -0.25) is 19.2 Å². The molecule has 22 heavy (non-hydrogen) atoms. The van der Waals surface area contributed by atoms with Crippen molar-refractivity contribution in [2.75, 3.05) is 0 Å². The Morgan fingerprint density at radius 1 is 1.27 bits per heavy atom. The van der Waals surface area contributed by atoms with Gasteiger partial charge in [-0.15, -0.1) is 0 Å². The summed E-state index contributed by atoms with van der Waals surface area (Å²) in [4.78, 5) is 48.2. The molecule has 7 nitrogen and oxygen atoms in total. The largest absolute Gasteiger partial charge is 0.367 e. The molecular weight excluding hydrogens is 295 g/mol. The fraction of sp³-hybridized carbons (Fsp3) is 0.286. The van der Waals surface area contributed by atoms with Gasteiger partial charge in [0.25, 0.3) is 23.5 Å². The second-order valence-corrected chi connectivity index (χ2v) is 5.22. The number of piperidine rings is 1. The number of aliphatic hydroxyl groups is 1. The van der Waals surface area contributed by atoms with Gasteiger partial charge in [0.15, 0.2) is 12.0 Å². The Morgan fingerprint density at radius 3 is 2.59 bits per heavy atom. The molecule has 1 saturated heterocycles. The highest BCUT2D eigenvalue weighted by molar-refractivity contribution is 6.24. The second kappa shape index (κ2) is 4.44. The van der Waals surface area contributed by atoms with Crippen molar-refractivity contribution in [1.29, 1.82) is 0 Å². The number of aryl methyl sites for hydroxylation is 1. The fourth-order valence-electron chi connectivity index (χ4n) is 2.68. The summed E-state index contributed by atoms with van der Waals surface area (Å²) in [6.07, 6.45) is -2.92. The lowest BCUT2D eigenvalue weighted by molar-refractivity contribution is -0.160. The fourth-order valence-corrected chi connectivity index (χ4v) is 2.68. The molecule has 114 valence electrons. The van der Waals surface area contributed by atoms with Crippen LogP contribution in [0.2, 0.25) is 0 Å². The number of carbonyl (C=O) groups excluding carboxylic acids is 4. The molecule has 0 aliphatic carbocycles. The van der Waals surface area contributed by atoms with E-state index in [0.29, 0.717) is 5.56 Å². The van der Waals surface area contributed by atoms with E-state index in [2.05, 4.69) is 0 Å². The highest BCUT2D eigenvalue weighted by atomic mass is 19.1. The number of amides is 3. The number of halogens is 1. The highest BCUT2D eigenvalue weighted by Crippen LogP contribution is 2.35. The maximum atomic E-state index is 15.0. The van der Waals surface area contributed by atoms with E-state index >= 15 is 4.39 Å². The molecule has 0 saturated carbocycles. The Kier molecular flexibility index (Phi) is 2.89. The van der Waals surface area contributed by atoms with Crippen LogP contribution in [-0.2, 0) is 9.59 Å². The lowest BCUT2D eigenvalue weighted by Gasteiger charge is -2.35. The average Bonchev–Trinajstić information content (AvgIpc) is 2.70. The zero-order valence-electron chi connectivity index (χ0n) is 11.4. The third kappa shape index (κ3) is 1.70. The Labute approximate surface area is 123 Å². The maximum absolute atomic E-state index is 15.0. The number of fused-ring (bicyclic) bond motifs is 1. The Morgan fingerprint density at radius 2 is 1.95 bits per heavy atom. The summed E-state index contributed by atoms with van der Waals surface area (Å²) in [6.45, 7) is 1.58. The normalized spacial score (nSPS) is 28.0. The van der Waals surface area contributed by atoms with Crippen molar-refractivity contribution in [2.45, 2.75) is 25.4 Å². The smallest absolute Gasteiger partial charge is 0.282 e. The Balaban J connectivity index is 2.09. The van der Waals surface area contributed by atoms with Crippen LogP contribution >= 0.6 is 0 Å². The van der Waals surface area contributed by atoms with Crippen LogP contribution in [0, 0.1) is 6.92 Å². The van der Waals surface area contributed by atoms with Gasteiger partial charge >= 0.3 is 0 Å². The SMILES string of the molecule is Cc1cccc2c1C(=O)N(C1(F)CC(=O)C(O)NC1=O)C2=O. The number of hydrogen-bond acceptors (Lipinski definition) is 5. The minimum Gasteiger partial charge on any atom is -0.367 e. The van der Waals surface area contributed by atoms with Gasteiger partial charge in [-0.1, -0.05) is 12.1 Å². The van der Waals surface area contributed by atoms with E-state index in [1.165, 1.54) is 12.1 Å². The summed E-state index contributed by atoms with van der Waals surface area (Å²) in [5.74, 6) is -7.51. The van der Waals surface area contributed by atoms with Gasteiger partial charge < -0.3 is 10.4 Å². The van der Waals surface area contributed by atoms with E-state index in [-0.39, 0.29) is 16.0 Å². The average molecular weight is 306 g/mol. The minimum absolute atomic E-state index is 0.0101. The Hall–Kier alpha value is -2.61. The molecule has 2 atom stereocenters. The number of rotatable bonds is 1. The third-order valence-corrected chi connectivity index (χ3v) is 3.81. The molecule has 0 radical (unpaired) electrons. The molecular formula is C14H11FN2O5. The van der Waals surface area contributed by atoms with Crippen LogP contribution in [0.5, 0.6) is 0 Å². The highest BCUT2D eigenvalue weighted by Gasteiger charge is 2.58. The molecule has 2 heterocycles. The summed E-state index contributed by atoms with van der Waals surface area (Å²) in [6, 6.07) is 4.46. The van der Waals surface area contributed by atoms with Gasteiger partial charge in [0.2, 0.25) is 0 Å². The lowest BCUT2D eigenvalue weighted by Crippen LogP contribution is -2.65. The van der Waals surface area contributed by atoms with Gasteiger partial charge in [-0.05, 0) is 18.6 Å². The van der Waals surface area contributed by atoms with Crippen LogP contribution in [0.4, 0.5) is 4.39 Å². The van der Waals surface area contributed by atoms with Gasteiger partial charge in [-0.25, -0.2) is 9.29 Å². The first-order valence-corrected chi connectivity index (χ1v) is 6.46. The zero-order chi connectivity index (χ0) is 16.2. The van der Waals surface area contributed by atoms with Crippen molar-refractivity contribution in [3.8, 4) is 0 Å². The van der Waals surface area contributed by atoms with E-state index in [9.17, 15) is 24.3 Å².